The minimum atomic E-state index is -1.47. The van der Waals surface area contributed by atoms with Crippen LogP contribution >= 0.6 is 0 Å². The Morgan fingerprint density at radius 3 is 1.78 bits per heavy atom. The quantitative estimate of drug-likeness (QED) is 0.172. The van der Waals surface area contributed by atoms with Crippen molar-refractivity contribution in [2.45, 2.75) is 30.0 Å². The van der Waals surface area contributed by atoms with Gasteiger partial charge in [0.2, 0.25) is 0 Å². The number of fused-ring (bicyclic) bond motifs is 8. The SMILES string of the molecule is CO.O=C1c2ccc3c(c2OC(c2ccccc2)C1O)C1c2ccccc2OC(c2ccccc2)(O3)C1O.[CH3-].[CH3-].[CH3-].[CH3-].[Rb+].[Rb+].[Rb+].[Rb+]. The first-order valence-electron chi connectivity index (χ1n) is 12.3. The maximum Gasteiger partial charge on any atom is 1.00 e. The van der Waals surface area contributed by atoms with Gasteiger partial charge in [-0.05, 0) is 23.8 Å². The van der Waals surface area contributed by atoms with E-state index in [1.54, 1.807) is 12.1 Å². The third kappa shape index (κ3) is 9.77. The van der Waals surface area contributed by atoms with Gasteiger partial charge in [0.1, 0.15) is 23.4 Å². The topological polar surface area (TPSA) is 105 Å². The van der Waals surface area contributed by atoms with E-state index in [2.05, 4.69) is 0 Å². The van der Waals surface area contributed by atoms with Gasteiger partial charge in [-0.2, -0.15) is 0 Å². The number of hydrogen-bond donors (Lipinski definition) is 3. The van der Waals surface area contributed by atoms with Crippen molar-refractivity contribution >= 4 is 5.78 Å². The van der Waals surface area contributed by atoms with Gasteiger partial charge in [-0.15, -0.1) is 0 Å². The Kier molecular flexibility index (Phi) is 27.5. The summed E-state index contributed by atoms with van der Waals surface area (Å²) in [6.45, 7) is 0. The van der Waals surface area contributed by atoms with E-state index in [0.717, 1.165) is 12.7 Å². The van der Waals surface area contributed by atoms with Crippen LogP contribution in [0.5, 0.6) is 17.2 Å². The Bertz CT molecular complexity index is 1510. The van der Waals surface area contributed by atoms with Crippen LogP contribution in [0, 0.1) is 29.7 Å². The summed E-state index contributed by atoms with van der Waals surface area (Å²) in [7, 11) is 1.00. The molecule has 0 fully saturated rings. The maximum atomic E-state index is 13.3. The number of Topliss-reactive ketones (excluding diaryl/α,β-unsaturated/α-hetero) is 1. The van der Waals surface area contributed by atoms with Crippen LogP contribution in [-0.4, -0.2) is 40.4 Å². The zero-order valence-electron chi connectivity index (χ0n) is 28.5. The first kappa shape index (κ1) is 53.4. The van der Waals surface area contributed by atoms with Crippen molar-refractivity contribution in [1.29, 1.82) is 0 Å². The molecule has 0 aliphatic carbocycles. The molecule has 46 heavy (non-hydrogen) atoms. The van der Waals surface area contributed by atoms with E-state index < -0.39 is 35.8 Å². The zero-order chi connectivity index (χ0) is 26.4. The van der Waals surface area contributed by atoms with E-state index in [0.29, 0.717) is 33.9 Å². The van der Waals surface area contributed by atoms with Gasteiger partial charge < -0.3 is 59.2 Å². The first-order chi connectivity index (χ1) is 18.6. The molecule has 4 aromatic carbocycles. The van der Waals surface area contributed by atoms with Gasteiger partial charge in [0.15, 0.2) is 18.0 Å². The van der Waals surface area contributed by atoms with E-state index in [1.165, 1.54) is 0 Å². The van der Waals surface area contributed by atoms with Gasteiger partial charge in [-0.25, -0.2) is 0 Å². The van der Waals surface area contributed by atoms with Crippen molar-refractivity contribution in [1.82, 2.24) is 0 Å². The molecule has 11 heteroatoms. The molecule has 0 spiro atoms. The average Bonchev–Trinajstić information content (AvgIpc) is 2.97. The molecule has 3 heterocycles. The van der Waals surface area contributed by atoms with Crippen LogP contribution in [0.15, 0.2) is 97.1 Å². The molecule has 5 unspecified atom stereocenters. The van der Waals surface area contributed by atoms with Crippen LogP contribution in [-0.2, 0) is 5.79 Å². The van der Waals surface area contributed by atoms with Crippen LogP contribution in [0.4, 0.5) is 0 Å². The Hall–Kier alpha value is 3.05. The molecule has 0 saturated carbocycles. The number of ether oxygens (including phenoxy) is 3. The number of carbonyl (C=O) groups is 1. The number of ketones is 1. The van der Waals surface area contributed by atoms with E-state index >= 15 is 0 Å². The average molecular weight is 913 g/mol. The molecule has 0 saturated heterocycles. The molecule has 5 atom stereocenters. The molecular weight excluding hydrogens is 874 g/mol. The van der Waals surface area contributed by atoms with Crippen molar-refractivity contribution in [2.75, 3.05) is 7.11 Å². The fourth-order valence-electron chi connectivity index (χ4n) is 5.63. The van der Waals surface area contributed by atoms with Crippen LogP contribution in [0.1, 0.15) is 44.6 Å². The number of rotatable bonds is 2. The molecule has 0 radical (unpaired) electrons. The Balaban J connectivity index is -0.00000182. The number of aliphatic hydroxyl groups is 3. The minimum Gasteiger partial charge on any atom is -0.481 e. The molecular formula is C35H38O7Rb4. The van der Waals surface area contributed by atoms with Crippen molar-refractivity contribution in [3.05, 3.63) is 155 Å². The number of benzene rings is 4. The maximum absolute atomic E-state index is 13.3. The van der Waals surface area contributed by atoms with Gasteiger partial charge in [-0.1, -0.05) is 78.9 Å². The summed E-state index contributed by atoms with van der Waals surface area (Å²) >= 11 is 0. The summed E-state index contributed by atoms with van der Waals surface area (Å²) in [5.74, 6) is -1.13. The van der Waals surface area contributed by atoms with E-state index in [-0.39, 0.29) is 268 Å². The summed E-state index contributed by atoms with van der Waals surface area (Å²) in [6.07, 6.45) is -3.36. The molecule has 0 amide bonds. The van der Waals surface area contributed by atoms with Gasteiger partial charge >= 0.3 is 239 Å². The monoisotopic (exact) mass is 910 g/mol. The van der Waals surface area contributed by atoms with Crippen LogP contribution in [0.3, 0.4) is 0 Å². The summed E-state index contributed by atoms with van der Waals surface area (Å²) in [4.78, 5) is 13.3. The molecule has 224 valence electrons. The molecule has 3 N–H and O–H groups in total. The molecule has 3 aliphatic heterocycles. The fourth-order valence-corrected chi connectivity index (χ4v) is 5.63. The molecule has 7 nitrogen and oxygen atoms in total. The Morgan fingerprint density at radius 1 is 0.652 bits per heavy atom. The van der Waals surface area contributed by atoms with E-state index in [4.69, 9.17) is 19.3 Å². The second-order valence-electron chi connectivity index (χ2n) is 9.31. The zero-order valence-corrected chi connectivity index (χ0v) is 48.2. The van der Waals surface area contributed by atoms with Gasteiger partial charge in [0.25, 0.3) is 0 Å². The summed E-state index contributed by atoms with van der Waals surface area (Å²) in [5.41, 5.74) is 2.97. The van der Waals surface area contributed by atoms with Gasteiger partial charge in [0.05, 0.1) is 11.5 Å². The second-order valence-corrected chi connectivity index (χ2v) is 9.31. The van der Waals surface area contributed by atoms with Crippen LogP contribution in [0.25, 0.3) is 0 Å². The second kappa shape index (κ2) is 23.7. The third-order valence-corrected chi connectivity index (χ3v) is 7.32. The van der Waals surface area contributed by atoms with Gasteiger partial charge in [0, 0.05) is 23.8 Å². The predicted octanol–water partition coefficient (Wildman–Crippen LogP) is -6.08. The molecule has 4 aromatic rings. The van der Waals surface area contributed by atoms with Crippen molar-refractivity contribution in [2.24, 2.45) is 0 Å². The summed E-state index contributed by atoms with van der Waals surface area (Å²) in [5, 5.41) is 29.7. The van der Waals surface area contributed by atoms with Crippen LogP contribution in [0.2, 0.25) is 0 Å². The fraction of sp³-hybridized carbons (Fsp3) is 0.171. The first-order valence-corrected chi connectivity index (χ1v) is 12.3. The Labute approximate surface area is 470 Å². The van der Waals surface area contributed by atoms with E-state index in [1.807, 2.05) is 84.9 Å². The third-order valence-electron chi connectivity index (χ3n) is 7.32. The normalized spacial score (nSPS) is 21.6. The number of hydrogen-bond acceptors (Lipinski definition) is 7. The predicted molar refractivity (Wildman–Crippen MR) is 164 cm³/mol. The minimum absolute atomic E-state index is 0. The largest absolute Gasteiger partial charge is 1.00 e. The molecule has 2 bridgehead atoms. The number of para-hydroxylation sites is 1. The molecule has 0 aromatic heterocycles. The number of aliphatic hydroxyl groups excluding tert-OH is 3. The van der Waals surface area contributed by atoms with Crippen molar-refractivity contribution in [3.63, 3.8) is 0 Å². The van der Waals surface area contributed by atoms with Gasteiger partial charge in [-0.3, -0.25) is 4.79 Å². The van der Waals surface area contributed by atoms with E-state index in [9.17, 15) is 15.0 Å². The van der Waals surface area contributed by atoms with Crippen molar-refractivity contribution in [3.8, 4) is 17.2 Å². The molecule has 3 aliphatic rings. The number of carbonyl (C=O) groups excluding carboxylic acids is 1. The smallest absolute Gasteiger partial charge is 0.481 e. The van der Waals surface area contributed by atoms with Crippen molar-refractivity contribution < 1.29 is 267 Å². The molecule has 7 rings (SSSR count). The summed E-state index contributed by atoms with van der Waals surface area (Å²) in [6, 6.07) is 29.3. The Morgan fingerprint density at radius 2 is 1.17 bits per heavy atom. The summed E-state index contributed by atoms with van der Waals surface area (Å²) < 4.78 is 19.3. The standard InChI is InChI=1S/C30H22O6.CH4O.4CH3.4Rb/c31-25-20-15-16-22-24(28(20)34-27(26(25)32)17-9-3-1-4-10-17)23-19-13-7-8-14-21(19)35-30(36-22,29(23)33)18-11-5-2-6-12-18;1-2;;;;;;;;/h1-16,23,26-27,29,32-33H;2H,1H3;4*1H3;;;;/q;;4*-1;4*+1. The van der Waals surface area contributed by atoms with Crippen LogP contribution < -0.4 is 247 Å².